The lowest BCUT2D eigenvalue weighted by molar-refractivity contribution is 0.106. The normalized spacial score (nSPS) is 15.9. The Morgan fingerprint density at radius 1 is 1.34 bits per heavy atom. The van der Waals surface area contributed by atoms with Gasteiger partial charge in [-0.3, -0.25) is 0 Å². The number of rotatable bonds is 11. The van der Waals surface area contributed by atoms with Gasteiger partial charge in [-0.25, -0.2) is 4.79 Å². The summed E-state index contributed by atoms with van der Waals surface area (Å²) in [6.07, 6.45) is 7.79. The summed E-state index contributed by atoms with van der Waals surface area (Å²) in [7, 11) is 0. The smallest absolute Gasteiger partial charge is 0.316 e. The van der Waals surface area contributed by atoms with Gasteiger partial charge in [-0.1, -0.05) is 51.6 Å². The topological polar surface area (TPSA) is 123 Å². The van der Waals surface area contributed by atoms with Crippen molar-refractivity contribution < 1.29 is 19.2 Å². The van der Waals surface area contributed by atoms with Gasteiger partial charge < -0.3 is 30.7 Å². The Morgan fingerprint density at radius 2 is 2.09 bits per heavy atom. The largest absolute Gasteiger partial charge is 0.488 e. The molecule has 5 N–H and O–H groups in total. The molecule has 1 heterocycles. The minimum absolute atomic E-state index is 0.0729. The van der Waals surface area contributed by atoms with Crippen LogP contribution in [0.25, 0.3) is 11.0 Å². The van der Waals surface area contributed by atoms with Crippen molar-refractivity contribution >= 4 is 22.7 Å². The van der Waals surface area contributed by atoms with Gasteiger partial charge in [-0.15, -0.1) is 0 Å². The van der Waals surface area contributed by atoms with Crippen LogP contribution in [0, 0.1) is 0 Å². The predicted molar refractivity (Wildman–Crippen MR) is 126 cm³/mol. The van der Waals surface area contributed by atoms with E-state index in [1.807, 2.05) is 19.9 Å². The van der Waals surface area contributed by atoms with Gasteiger partial charge in [0.05, 0.1) is 16.8 Å². The molecule has 8 nitrogen and oxygen atoms in total. The number of aromatic nitrogens is 1. The predicted octanol–water partition coefficient (Wildman–Crippen LogP) is 4.45. The standard InChI is InChI=1S/C24H38N4O4/c1-4-5-11-19-21-22(32-28-19)18(16-9-7-6-8-10-16)12-20(27-24(25)30)23(21)31-14-17(29)13-26-15(2)3/h12,15-17,26,29H,4-11,13-14H2,1-3H3,(H3,25,27,30). The first-order valence-corrected chi connectivity index (χ1v) is 12.0. The molecule has 1 fully saturated rings. The lowest BCUT2D eigenvalue weighted by Gasteiger charge is -2.24. The summed E-state index contributed by atoms with van der Waals surface area (Å²) in [6.45, 7) is 6.65. The van der Waals surface area contributed by atoms with Crippen LogP contribution >= 0.6 is 0 Å². The molecular formula is C24H38N4O4. The number of carbonyl (C=O) groups is 1. The van der Waals surface area contributed by atoms with Crippen molar-refractivity contribution in [1.29, 1.82) is 0 Å². The number of nitrogens with one attached hydrogen (secondary N) is 2. The second-order valence-corrected chi connectivity index (χ2v) is 9.13. The van der Waals surface area contributed by atoms with Gasteiger partial charge in [0.15, 0.2) is 11.3 Å². The first-order chi connectivity index (χ1) is 15.4. The Kier molecular flexibility index (Phi) is 8.75. The summed E-state index contributed by atoms with van der Waals surface area (Å²) >= 11 is 0. The number of ether oxygens (including phenoxy) is 1. The number of aryl methyl sites for hydroxylation is 1. The van der Waals surface area contributed by atoms with E-state index >= 15 is 0 Å². The third-order valence-corrected chi connectivity index (χ3v) is 6.05. The molecule has 32 heavy (non-hydrogen) atoms. The molecule has 0 aliphatic heterocycles. The molecule has 0 radical (unpaired) electrons. The molecule has 1 aliphatic carbocycles. The van der Waals surface area contributed by atoms with E-state index in [0.29, 0.717) is 23.9 Å². The van der Waals surface area contributed by atoms with Crippen molar-refractivity contribution in [2.45, 2.75) is 90.2 Å². The number of urea groups is 1. The number of benzene rings is 1. The molecule has 1 atom stereocenters. The van der Waals surface area contributed by atoms with E-state index in [0.717, 1.165) is 54.3 Å². The zero-order chi connectivity index (χ0) is 23.1. The molecule has 2 aromatic rings. The number of anilines is 1. The maximum atomic E-state index is 11.8. The minimum Gasteiger partial charge on any atom is -0.488 e. The molecule has 3 rings (SSSR count). The highest BCUT2D eigenvalue weighted by atomic mass is 16.5. The number of aliphatic hydroxyl groups is 1. The highest BCUT2D eigenvalue weighted by Gasteiger charge is 2.27. The maximum Gasteiger partial charge on any atom is 0.316 e. The van der Waals surface area contributed by atoms with Gasteiger partial charge in [0.25, 0.3) is 0 Å². The molecule has 0 saturated heterocycles. The fraction of sp³-hybridized carbons (Fsp3) is 0.667. The van der Waals surface area contributed by atoms with E-state index in [9.17, 15) is 9.90 Å². The van der Waals surface area contributed by atoms with Crippen LogP contribution in [0.1, 0.15) is 82.9 Å². The Morgan fingerprint density at radius 3 is 2.75 bits per heavy atom. The maximum absolute atomic E-state index is 11.8. The Balaban J connectivity index is 2.02. The van der Waals surface area contributed by atoms with Crippen molar-refractivity contribution in [3.05, 3.63) is 17.3 Å². The number of unbranched alkanes of at least 4 members (excludes halogenated alkanes) is 1. The van der Waals surface area contributed by atoms with Gasteiger partial charge >= 0.3 is 6.03 Å². The van der Waals surface area contributed by atoms with E-state index in [1.165, 1.54) is 19.3 Å². The monoisotopic (exact) mass is 446 g/mol. The number of hydrogen-bond donors (Lipinski definition) is 4. The van der Waals surface area contributed by atoms with E-state index in [1.54, 1.807) is 0 Å². The average Bonchev–Trinajstić information content (AvgIpc) is 3.19. The van der Waals surface area contributed by atoms with Crippen LogP contribution in [0.5, 0.6) is 5.75 Å². The number of fused-ring (bicyclic) bond motifs is 1. The highest BCUT2D eigenvalue weighted by Crippen LogP contribution is 2.44. The zero-order valence-electron chi connectivity index (χ0n) is 19.6. The summed E-state index contributed by atoms with van der Waals surface area (Å²) in [5.74, 6) is 0.816. The van der Waals surface area contributed by atoms with Crippen LogP contribution in [-0.4, -0.2) is 41.6 Å². The first-order valence-electron chi connectivity index (χ1n) is 12.0. The van der Waals surface area contributed by atoms with Gasteiger partial charge in [-0.2, -0.15) is 0 Å². The molecular weight excluding hydrogens is 408 g/mol. The zero-order valence-corrected chi connectivity index (χ0v) is 19.6. The summed E-state index contributed by atoms with van der Waals surface area (Å²) in [5.41, 5.74) is 8.59. The van der Waals surface area contributed by atoms with E-state index < -0.39 is 12.1 Å². The number of primary amides is 1. The van der Waals surface area contributed by atoms with Gasteiger partial charge in [0.1, 0.15) is 12.7 Å². The van der Waals surface area contributed by atoms with Crippen molar-refractivity contribution in [2.75, 3.05) is 18.5 Å². The minimum atomic E-state index is -0.703. The number of nitrogens with zero attached hydrogens (tertiary/aromatic N) is 1. The van der Waals surface area contributed by atoms with Crippen molar-refractivity contribution in [2.24, 2.45) is 5.73 Å². The Labute approximate surface area is 190 Å². The lowest BCUT2D eigenvalue weighted by atomic mass is 9.83. The van der Waals surface area contributed by atoms with Crippen LogP contribution in [0.3, 0.4) is 0 Å². The molecule has 1 saturated carbocycles. The Hall–Kier alpha value is -2.32. The summed E-state index contributed by atoms with van der Waals surface area (Å²) in [6, 6.07) is 1.53. The number of amides is 2. The van der Waals surface area contributed by atoms with E-state index in [2.05, 4.69) is 22.7 Å². The molecule has 0 bridgehead atoms. The molecule has 178 valence electrons. The second-order valence-electron chi connectivity index (χ2n) is 9.13. The Bertz CT molecular complexity index is 890. The SMILES string of the molecule is CCCCc1noc2c(C3CCCCC3)cc(NC(N)=O)c(OCC(O)CNC(C)C)c12. The molecule has 1 unspecified atom stereocenters. The molecule has 8 heteroatoms. The molecule has 1 aliphatic rings. The van der Waals surface area contributed by atoms with Gasteiger partial charge in [-0.05, 0) is 37.7 Å². The number of nitrogens with two attached hydrogens (primary N) is 1. The number of aliphatic hydroxyl groups excluding tert-OH is 1. The highest BCUT2D eigenvalue weighted by molar-refractivity contribution is 5.99. The van der Waals surface area contributed by atoms with Gasteiger partial charge in [0, 0.05) is 18.2 Å². The van der Waals surface area contributed by atoms with Crippen molar-refractivity contribution in [1.82, 2.24) is 10.5 Å². The molecule has 2 amide bonds. The number of hydrogen-bond acceptors (Lipinski definition) is 6. The first kappa shape index (κ1) is 24.3. The van der Waals surface area contributed by atoms with Crippen LogP contribution in [0.4, 0.5) is 10.5 Å². The molecule has 1 aromatic carbocycles. The van der Waals surface area contributed by atoms with Crippen LogP contribution in [-0.2, 0) is 6.42 Å². The summed E-state index contributed by atoms with van der Waals surface area (Å²) < 4.78 is 12.0. The second kappa shape index (κ2) is 11.5. The third-order valence-electron chi connectivity index (χ3n) is 6.05. The number of carbonyl (C=O) groups excluding carboxylic acids is 1. The fourth-order valence-corrected chi connectivity index (χ4v) is 4.39. The summed E-state index contributed by atoms with van der Waals surface area (Å²) in [5, 5.41) is 21.5. The van der Waals surface area contributed by atoms with Crippen LogP contribution < -0.4 is 21.1 Å². The lowest BCUT2D eigenvalue weighted by Crippen LogP contribution is -2.35. The quantitative estimate of drug-likeness (QED) is 0.404. The van der Waals surface area contributed by atoms with Crippen LogP contribution in [0.2, 0.25) is 0 Å². The van der Waals surface area contributed by atoms with E-state index in [-0.39, 0.29) is 12.6 Å². The van der Waals surface area contributed by atoms with E-state index in [4.69, 9.17) is 15.0 Å². The van der Waals surface area contributed by atoms with Crippen molar-refractivity contribution in [3.63, 3.8) is 0 Å². The molecule has 0 spiro atoms. The van der Waals surface area contributed by atoms with Crippen LogP contribution in [0.15, 0.2) is 10.6 Å². The average molecular weight is 447 g/mol. The third kappa shape index (κ3) is 6.13. The summed E-state index contributed by atoms with van der Waals surface area (Å²) in [4.78, 5) is 11.8. The fourth-order valence-electron chi connectivity index (χ4n) is 4.39. The van der Waals surface area contributed by atoms with Gasteiger partial charge in [0.2, 0.25) is 0 Å². The molecule has 1 aromatic heterocycles. The van der Waals surface area contributed by atoms with Crippen molar-refractivity contribution in [3.8, 4) is 5.75 Å².